The number of hydrogen-bond acceptors (Lipinski definition) is 3. The number of ether oxygens (including phenoxy) is 1. The molecular weight excluding hydrogens is 283 g/mol. The third-order valence-corrected chi connectivity index (χ3v) is 3.58. The molecule has 5 heteroatoms. The van der Waals surface area contributed by atoms with Gasteiger partial charge in [-0.1, -0.05) is 12.1 Å². The lowest BCUT2D eigenvalue weighted by atomic mass is 10.2. The maximum atomic E-state index is 13.1. The van der Waals surface area contributed by atoms with Crippen LogP contribution in [0.1, 0.15) is 5.56 Å². The monoisotopic (exact) mass is 292 g/mol. The Labute approximate surface area is 100 Å². The van der Waals surface area contributed by atoms with Gasteiger partial charge in [0.25, 0.3) is 0 Å². The van der Waals surface area contributed by atoms with Crippen LogP contribution in [0.2, 0.25) is 0 Å². The highest BCUT2D eigenvalue weighted by molar-refractivity contribution is 9.10. The number of carbonyl (C=O) groups excluding carboxylic acids is 1. The fourth-order valence-electron chi connectivity index (χ4n) is 0.963. The lowest BCUT2D eigenvalue weighted by Gasteiger charge is -2.04. The first-order valence-electron chi connectivity index (χ1n) is 4.22. The Balaban J connectivity index is 2.51. The zero-order chi connectivity index (χ0) is 11.3. The summed E-state index contributed by atoms with van der Waals surface area (Å²) in [6, 6.07) is 4.85. The van der Waals surface area contributed by atoms with E-state index in [9.17, 15) is 9.18 Å². The van der Waals surface area contributed by atoms with Gasteiger partial charge in [-0.2, -0.15) is 0 Å². The summed E-state index contributed by atoms with van der Waals surface area (Å²) < 4.78 is 18.0. The Morgan fingerprint density at radius 3 is 3.00 bits per heavy atom. The Hall–Kier alpha value is -0.550. The molecule has 0 unspecified atom stereocenters. The Kier molecular flexibility index (Phi) is 5.11. The lowest BCUT2D eigenvalue weighted by molar-refractivity contribution is -0.137. The minimum atomic E-state index is -0.286. The second kappa shape index (κ2) is 6.12. The first kappa shape index (κ1) is 12.5. The van der Waals surface area contributed by atoms with Crippen LogP contribution in [0, 0.1) is 5.82 Å². The van der Waals surface area contributed by atoms with Crippen LogP contribution in [-0.2, 0) is 15.3 Å². The van der Waals surface area contributed by atoms with Crippen molar-refractivity contribution >= 4 is 33.7 Å². The normalized spacial score (nSPS) is 10.1. The van der Waals surface area contributed by atoms with Crippen molar-refractivity contribution in [2.75, 3.05) is 12.9 Å². The van der Waals surface area contributed by atoms with Crippen LogP contribution in [0.4, 0.5) is 4.39 Å². The molecule has 0 aliphatic heterocycles. The van der Waals surface area contributed by atoms with Gasteiger partial charge in [0.15, 0.2) is 0 Å². The van der Waals surface area contributed by atoms with Crippen LogP contribution in [0.15, 0.2) is 22.7 Å². The van der Waals surface area contributed by atoms with Gasteiger partial charge in [-0.25, -0.2) is 4.39 Å². The number of thioether (sulfide) groups is 1. The Morgan fingerprint density at radius 2 is 2.33 bits per heavy atom. The zero-order valence-electron chi connectivity index (χ0n) is 8.13. The molecule has 0 bridgehead atoms. The third-order valence-electron chi connectivity index (χ3n) is 1.74. The van der Waals surface area contributed by atoms with Crippen molar-refractivity contribution in [3.8, 4) is 0 Å². The predicted molar refractivity (Wildman–Crippen MR) is 62.3 cm³/mol. The highest BCUT2D eigenvalue weighted by Gasteiger charge is 2.06. The highest BCUT2D eigenvalue weighted by Crippen LogP contribution is 2.24. The number of benzene rings is 1. The molecule has 0 spiro atoms. The smallest absolute Gasteiger partial charge is 0.315 e. The molecule has 0 saturated carbocycles. The molecule has 0 atom stereocenters. The van der Waals surface area contributed by atoms with Gasteiger partial charge in [-0.05, 0) is 27.6 Å². The van der Waals surface area contributed by atoms with Crippen molar-refractivity contribution in [2.45, 2.75) is 5.75 Å². The van der Waals surface area contributed by atoms with E-state index < -0.39 is 0 Å². The average Bonchev–Trinajstić information content (AvgIpc) is 2.24. The quantitative estimate of drug-likeness (QED) is 0.798. The molecule has 0 aliphatic carbocycles. The van der Waals surface area contributed by atoms with Gasteiger partial charge in [0.05, 0.1) is 17.3 Å². The summed E-state index contributed by atoms with van der Waals surface area (Å²) in [7, 11) is 1.35. The number of esters is 1. The van der Waals surface area contributed by atoms with E-state index in [0.717, 1.165) is 5.56 Å². The molecule has 0 amide bonds. The summed E-state index contributed by atoms with van der Waals surface area (Å²) in [5, 5.41) is 0. The first-order chi connectivity index (χ1) is 7.15. The van der Waals surface area contributed by atoms with Crippen LogP contribution < -0.4 is 0 Å². The zero-order valence-corrected chi connectivity index (χ0v) is 10.5. The van der Waals surface area contributed by atoms with E-state index >= 15 is 0 Å². The number of methoxy groups -OCH3 is 1. The van der Waals surface area contributed by atoms with Gasteiger partial charge >= 0.3 is 5.97 Å². The van der Waals surface area contributed by atoms with E-state index in [-0.39, 0.29) is 17.5 Å². The SMILES string of the molecule is COC(=O)CSCc1cccc(F)c1Br. The van der Waals surface area contributed by atoms with Gasteiger partial charge < -0.3 is 4.74 Å². The van der Waals surface area contributed by atoms with Crippen molar-refractivity contribution in [2.24, 2.45) is 0 Å². The molecule has 82 valence electrons. The molecule has 0 aliphatic rings. The summed E-state index contributed by atoms with van der Waals surface area (Å²) in [5.74, 6) is 0.297. The summed E-state index contributed by atoms with van der Waals surface area (Å²) in [5.41, 5.74) is 0.837. The fourth-order valence-corrected chi connectivity index (χ4v) is 2.40. The largest absolute Gasteiger partial charge is 0.468 e. The van der Waals surface area contributed by atoms with Gasteiger partial charge in [0.2, 0.25) is 0 Å². The molecule has 1 aromatic carbocycles. The summed E-state index contributed by atoms with van der Waals surface area (Å²) in [6.45, 7) is 0. The average molecular weight is 293 g/mol. The minimum absolute atomic E-state index is 0.271. The van der Waals surface area contributed by atoms with Crippen molar-refractivity contribution in [1.29, 1.82) is 0 Å². The van der Waals surface area contributed by atoms with Crippen LogP contribution in [0.3, 0.4) is 0 Å². The van der Waals surface area contributed by atoms with Gasteiger partial charge in [0.1, 0.15) is 5.82 Å². The number of carbonyl (C=O) groups is 1. The maximum Gasteiger partial charge on any atom is 0.315 e. The molecular formula is C10H10BrFO2S. The molecule has 0 saturated heterocycles. The molecule has 0 fully saturated rings. The van der Waals surface area contributed by atoms with Gasteiger partial charge in [-0.3, -0.25) is 4.79 Å². The Morgan fingerprint density at radius 1 is 1.60 bits per heavy atom. The predicted octanol–water partition coefficient (Wildman–Crippen LogP) is 2.99. The first-order valence-corrected chi connectivity index (χ1v) is 6.17. The summed E-state index contributed by atoms with van der Waals surface area (Å²) >= 11 is 4.55. The van der Waals surface area contributed by atoms with Crippen molar-refractivity contribution in [3.05, 3.63) is 34.1 Å². The number of rotatable bonds is 4. The number of halogens is 2. The van der Waals surface area contributed by atoms with Crippen molar-refractivity contribution in [1.82, 2.24) is 0 Å². The molecule has 0 aromatic heterocycles. The molecule has 1 aromatic rings. The van der Waals surface area contributed by atoms with E-state index in [0.29, 0.717) is 10.2 Å². The molecule has 15 heavy (non-hydrogen) atoms. The van der Waals surface area contributed by atoms with Crippen LogP contribution in [-0.4, -0.2) is 18.8 Å². The summed E-state index contributed by atoms with van der Waals surface area (Å²) in [4.78, 5) is 10.8. The minimum Gasteiger partial charge on any atom is -0.468 e. The summed E-state index contributed by atoms with van der Waals surface area (Å²) in [6.07, 6.45) is 0. The molecule has 0 N–H and O–H groups in total. The van der Waals surface area contributed by atoms with Gasteiger partial charge in [-0.15, -0.1) is 11.8 Å². The van der Waals surface area contributed by atoms with E-state index in [1.54, 1.807) is 6.07 Å². The third kappa shape index (κ3) is 3.83. The second-order valence-corrected chi connectivity index (χ2v) is 4.56. The van der Waals surface area contributed by atoms with Crippen LogP contribution in [0.5, 0.6) is 0 Å². The maximum absolute atomic E-state index is 13.1. The standard InChI is InChI=1S/C10H10BrFO2S/c1-14-9(13)6-15-5-7-3-2-4-8(12)10(7)11/h2-4H,5-6H2,1H3. The van der Waals surface area contributed by atoms with Crippen LogP contribution >= 0.6 is 27.7 Å². The second-order valence-electron chi connectivity index (χ2n) is 2.78. The van der Waals surface area contributed by atoms with E-state index in [4.69, 9.17) is 0 Å². The molecule has 2 nitrogen and oxygen atoms in total. The highest BCUT2D eigenvalue weighted by atomic mass is 79.9. The van der Waals surface area contributed by atoms with Gasteiger partial charge in [0, 0.05) is 5.75 Å². The topological polar surface area (TPSA) is 26.3 Å². The number of hydrogen-bond donors (Lipinski definition) is 0. The van der Waals surface area contributed by atoms with Crippen molar-refractivity contribution in [3.63, 3.8) is 0 Å². The van der Waals surface area contributed by atoms with E-state index in [1.807, 2.05) is 6.07 Å². The fraction of sp³-hybridized carbons (Fsp3) is 0.300. The molecule has 1 rings (SSSR count). The van der Waals surface area contributed by atoms with E-state index in [2.05, 4.69) is 20.7 Å². The Bertz CT molecular complexity index is 357. The van der Waals surface area contributed by atoms with Crippen molar-refractivity contribution < 1.29 is 13.9 Å². The van der Waals surface area contributed by atoms with E-state index in [1.165, 1.54) is 24.9 Å². The lowest BCUT2D eigenvalue weighted by Crippen LogP contribution is -2.03. The molecule has 0 heterocycles. The van der Waals surface area contributed by atoms with Crippen LogP contribution in [0.25, 0.3) is 0 Å². The molecule has 0 radical (unpaired) electrons.